The first-order valence-electron chi connectivity index (χ1n) is 8.25. The number of alkyl halides is 3. The molecule has 2 aromatic carbocycles. The largest absolute Gasteiger partial charge is 0.573 e. The summed E-state index contributed by atoms with van der Waals surface area (Å²) in [4.78, 5) is 26.2. The number of hydrogen-bond acceptors (Lipinski definition) is 3. The van der Waals surface area contributed by atoms with Gasteiger partial charge in [-0.25, -0.2) is 0 Å². The lowest BCUT2D eigenvalue weighted by molar-refractivity contribution is -0.274. The highest BCUT2D eigenvalue weighted by Gasteiger charge is 2.36. The summed E-state index contributed by atoms with van der Waals surface area (Å²) in [5, 5.41) is 2.43. The SMILES string of the molecule is Cc1ccc(N2CC(C(=O)Nc3ccccc3OC(F)(F)F)CC2=O)cc1. The number of nitrogens with zero attached hydrogens (tertiary/aromatic N) is 1. The third-order valence-corrected chi connectivity index (χ3v) is 4.21. The van der Waals surface area contributed by atoms with Gasteiger partial charge in [-0.05, 0) is 31.2 Å². The Morgan fingerprint density at radius 3 is 2.48 bits per heavy atom. The van der Waals surface area contributed by atoms with Crippen molar-refractivity contribution in [3.63, 3.8) is 0 Å². The van der Waals surface area contributed by atoms with Crippen LogP contribution in [0.3, 0.4) is 0 Å². The number of para-hydroxylation sites is 2. The smallest absolute Gasteiger partial charge is 0.404 e. The molecule has 1 atom stereocenters. The van der Waals surface area contributed by atoms with E-state index in [2.05, 4.69) is 10.1 Å². The second kappa shape index (κ2) is 7.30. The summed E-state index contributed by atoms with van der Waals surface area (Å²) in [7, 11) is 0. The lowest BCUT2D eigenvalue weighted by Crippen LogP contribution is -2.28. The van der Waals surface area contributed by atoms with Gasteiger partial charge in [-0.15, -0.1) is 13.2 Å². The van der Waals surface area contributed by atoms with Gasteiger partial charge in [0.25, 0.3) is 0 Å². The molecule has 142 valence electrons. The molecule has 27 heavy (non-hydrogen) atoms. The minimum absolute atomic E-state index is 0.0119. The van der Waals surface area contributed by atoms with E-state index in [1.807, 2.05) is 19.1 Å². The minimum Gasteiger partial charge on any atom is -0.404 e. The molecule has 1 aliphatic rings. The van der Waals surface area contributed by atoms with Crippen LogP contribution in [0.25, 0.3) is 0 Å². The molecule has 5 nitrogen and oxygen atoms in total. The molecule has 1 unspecified atom stereocenters. The highest BCUT2D eigenvalue weighted by molar-refractivity contribution is 6.03. The molecule has 1 heterocycles. The van der Waals surface area contributed by atoms with Gasteiger partial charge in [-0.3, -0.25) is 9.59 Å². The Bertz CT molecular complexity index is 850. The average Bonchev–Trinajstić information content (AvgIpc) is 2.98. The Morgan fingerprint density at radius 1 is 1.15 bits per heavy atom. The van der Waals surface area contributed by atoms with Gasteiger partial charge in [0, 0.05) is 18.7 Å². The van der Waals surface area contributed by atoms with E-state index in [-0.39, 0.29) is 24.6 Å². The number of nitrogens with one attached hydrogen (secondary N) is 1. The summed E-state index contributed by atoms with van der Waals surface area (Å²) in [5.41, 5.74) is 1.63. The molecule has 0 saturated carbocycles. The van der Waals surface area contributed by atoms with Crippen molar-refractivity contribution in [3.05, 3.63) is 54.1 Å². The Balaban J connectivity index is 1.71. The summed E-state index contributed by atoms with van der Waals surface area (Å²) < 4.78 is 41.4. The summed E-state index contributed by atoms with van der Waals surface area (Å²) in [5.74, 6) is -1.91. The summed E-state index contributed by atoms with van der Waals surface area (Å²) in [6.07, 6.45) is -4.88. The number of hydrogen-bond donors (Lipinski definition) is 1. The zero-order chi connectivity index (χ0) is 19.6. The number of benzene rings is 2. The Morgan fingerprint density at radius 2 is 1.81 bits per heavy atom. The van der Waals surface area contributed by atoms with E-state index in [4.69, 9.17) is 0 Å². The number of rotatable bonds is 4. The maximum Gasteiger partial charge on any atom is 0.573 e. The standard InChI is InChI=1S/C19H17F3N2O3/c1-12-6-8-14(9-7-12)24-11-13(10-17(24)25)18(26)23-15-4-2-3-5-16(15)27-19(20,21)22/h2-9,13H,10-11H2,1H3,(H,23,26). The molecule has 2 amide bonds. The predicted octanol–water partition coefficient (Wildman–Crippen LogP) is 3.89. The van der Waals surface area contributed by atoms with Gasteiger partial charge in [-0.1, -0.05) is 29.8 Å². The van der Waals surface area contributed by atoms with Crippen LogP contribution in [0, 0.1) is 12.8 Å². The fraction of sp³-hybridized carbons (Fsp3) is 0.263. The molecule has 0 bridgehead atoms. The topological polar surface area (TPSA) is 58.6 Å². The molecular weight excluding hydrogens is 361 g/mol. The monoisotopic (exact) mass is 378 g/mol. The van der Waals surface area contributed by atoms with E-state index >= 15 is 0 Å². The van der Waals surface area contributed by atoms with Crippen LogP contribution in [0.4, 0.5) is 24.5 Å². The number of ether oxygens (including phenoxy) is 1. The minimum atomic E-state index is -4.87. The van der Waals surface area contributed by atoms with E-state index in [9.17, 15) is 22.8 Å². The first-order chi connectivity index (χ1) is 12.7. The van der Waals surface area contributed by atoms with Crippen LogP contribution < -0.4 is 15.0 Å². The van der Waals surface area contributed by atoms with Crippen molar-refractivity contribution in [1.29, 1.82) is 0 Å². The second-order valence-corrected chi connectivity index (χ2v) is 6.27. The van der Waals surface area contributed by atoms with E-state index in [1.165, 1.54) is 23.1 Å². The van der Waals surface area contributed by atoms with Crippen molar-refractivity contribution >= 4 is 23.2 Å². The number of carbonyl (C=O) groups is 2. The molecule has 1 N–H and O–H groups in total. The van der Waals surface area contributed by atoms with Crippen LogP contribution in [-0.4, -0.2) is 24.7 Å². The third-order valence-electron chi connectivity index (χ3n) is 4.21. The van der Waals surface area contributed by atoms with E-state index in [0.29, 0.717) is 5.69 Å². The van der Waals surface area contributed by atoms with E-state index in [0.717, 1.165) is 11.6 Å². The molecule has 1 fully saturated rings. The Kier molecular flexibility index (Phi) is 5.07. The van der Waals surface area contributed by atoms with Gasteiger partial charge >= 0.3 is 6.36 Å². The number of aryl methyl sites for hydroxylation is 1. The van der Waals surface area contributed by atoms with E-state index in [1.54, 1.807) is 12.1 Å². The fourth-order valence-electron chi connectivity index (χ4n) is 2.88. The molecule has 2 aromatic rings. The van der Waals surface area contributed by atoms with Crippen molar-refractivity contribution < 1.29 is 27.5 Å². The van der Waals surface area contributed by atoms with Gasteiger partial charge in [-0.2, -0.15) is 0 Å². The summed E-state index contributed by atoms with van der Waals surface area (Å²) >= 11 is 0. The van der Waals surface area contributed by atoms with Gasteiger partial charge in [0.2, 0.25) is 11.8 Å². The van der Waals surface area contributed by atoms with Crippen LogP contribution in [0.5, 0.6) is 5.75 Å². The number of anilines is 2. The summed E-state index contributed by atoms with van der Waals surface area (Å²) in [6.45, 7) is 2.09. The fourth-order valence-corrected chi connectivity index (χ4v) is 2.88. The molecular formula is C19H17F3N2O3. The zero-order valence-corrected chi connectivity index (χ0v) is 14.4. The highest BCUT2D eigenvalue weighted by atomic mass is 19.4. The lowest BCUT2D eigenvalue weighted by Gasteiger charge is -2.18. The second-order valence-electron chi connectivity index (χ2n) is 6.27. The predicted molar refractivity (Wildman–Crippen MR) is 93.4 cm³/mol. The van der Waals surface area contributed by atoms with Gasteiger partial charge < -0.3 is 15.0 Å². The Hall–Kier alpha value is -3.03. The molecule has 1 aliphatic heterocycles. The zero-order valence-electron chi connectivity index (χ0n) is 14.4. The quantitative estimate of drug-likeness (QED) is 0.878. The highest BCUT2D eigenvalue weighted by Crippen LogP contribution is 2.31. The molecule has 0 aromatic heterocycles. The molecule has 0 radical (unpaired) electrons. The maximum absolute atomic E-state index is 12.5. The third kappa shape index (κ3) is 4.58. The Labute approximate surface area is 153 Å². The van der Waals surface area contributed by atoms with Crippen LogP contribution >= 0.6 is 0 Å². The van der Waals surface area contributed by atoms with E-state index < -0.39 is 23.9 Å². The van der Waals surface area contributed by atoms with Crippen molar-refractivity contribution in [2.45, 2.75) is 19.7 Å². The molecule has 3 rings (SSSR count). The number of carbonyl (C=O) groups excluding carboxylic acids is 2. The van der Waals surface area contributed by atoms with Gasteiger partial charge in [0.1, 0.15) is 0 Å². The normalized spacial score (nSPS) is 17.1. The lowest BCUT2D eigenvalue weighted by atomic mass is 10.1. The van der Waals surface area contributed by atoms with Crippen LogP contribution in [-0.2, 0) is 9.59 Å². The first-order valence-corrected chi connectivity index (χ1v) is 8.25. The molecule has 1 saturated heterocycles. The van der Waals surface area contributed by atoms with Crippen LogP contribution in [0.2, 0.25) is 0 Å². The van der Waals surface area contributed by atoms with Crippen molar-refractivity contribution in [2.24, 2.45) is 5.92 Å². The first kappa shape index (κ1) is 18.8. The molecule has 0 aliphatic carbocycles. The van der Waals surface area contributed by atoms with Gasteiger partial charge in [0.05, 0.1) is 11.6 Å². The van der Waals surface area contributed by atoms with Gasteiger partial charge in [0.15, 0.2) is 5.75 Å². The maximum atomic E-state index is 12.5. The average molecular weight is 378 g/mol. The number of halogens is 3. The van der Waals surface area contributed by atoms with Crippen LogP contribution in [0.1, 0.15) is 12.0 Å². The summed E-state index contributed by atoms with van der Waals surface area (Å²) in [6, 6.07) is 12.6. The van der Waals surface area contributed by atoms with Crippen molar-refractivity contribution in [1.82, 2.24) is 0 Å². The van der Waals surface area contributed by atoms with Crippen molar-refractivity contribution in [3.8, 4) is 5.75 Å². The molecule has 0 spiro atoms. The molecule has 8 heteroatoms. The number of amides is 2. The van der Waals surface area contributed by atoms with Crippen molar-refractivity contribution in [2.75, 3.05) is 16.8 Å². The van der Waals surface area contributed by atoms with Crippen LogP contribution in [0.15, 0.2) is 48.5 Å².